The lowest BCUT2D eigenvalue weighted by atomic mass is 10.1. The first-order valence-corrected chi connectivity index (χ1v) is 6.17. The SMILES string of the molecule is Cc1ccoc1C(NN)c1c(Cl)cnn1C(C)C. The minimum atomic E-state index is -0.308. The van der Waals surface area contributed by atoms with Gasteiger partial charge < -0.3 is 4.42 Å². The van der Waals surface area contributed by atoms with Crippen LogP contribution >= 0.6 is 11.6 Å². The lowest BCUT2D eigenvalue weighted by Gasteiger charge is -2.19. The quantitative estimate of drug-likeness (QED) is 0.661. The number of aryl methyl sites for hydroxylation is 1. The van der Waals surface area contributed by atoms with Gasteiger partial charge in [-0.3, -0.25) is 10.5 Å². The minimum Gasteiger partial charge on any atom is -0.467 e. The van der Waals surface area contributed by atoms with E-state index in [0.717, 1.165) is 17.0 Å². The van der Waals surface area contributed by atoms with Gasteiger partial charge in [-0.2, -0.15) is 5.10 Å². The zero-order chi connectivity index (χ0) is 13.3. The van der Waals surface area contributed by atoms with E-state index < -0.39 is 0 Å². The molecule has 0 spiro atoms. The Bertz CT molecular complexity index is 532. The molecule has 1 unspecified atom stereocenters. The van der Waals surface area contributed by atoms with Gasteiger partial charge in [0.25, 0.3) is 0 Å². The monoisotopic (exact) mass is 268 g/mol. The molecule has 5 nitrogen and oxygen atoms in total. The minimum absolute atomic E-state index is 0.193. The highest BCUT2D eigenvalue weighted by molar-refractivity contribution is 6.31. The van der Waals surface area contributed by atoms with Crippen LogP contribution < -0.4 is 11.3 Å². The van der Waals surface area contributed by atoms with Crippen LogP contribution in [0.1, 0.15) is 42.9 Å². The van der Waals surface area contributed by atoms with Crippen molar-refractivity contribution in [2.24, 2.45) is 5.84 Å². The average Bonchev–Trinajstić information content (AvgIpc) is 2.89. The molecule has 2 heterocycles. The van der Waals surface area contributed by atoms with E-state index in [1.807, 2.05) is 31.5 Å². The zero-order valence-electron chi connectivity index (χ0n) is 10.6. The third kappa shape index (κ3) is 2.16. The number of nitrogens with one attached hydrogen (secondary N) is 1. The summed E-state index contributed by atoms with van der Waals surface area (Å²) in [5.74, 6) is 6.40. The van der Waals surface area contributed by atoms with Crippen LogP contribution in [-0.4, -0.2) is 9.78 Å². The van der Waals surface area contributed by atoms with Crippen molar-refractivity contribution in [3.8, 4) is 0 Å². The normalized spacial score (nSPS) is 13.2. The smallest absolute Gasteiger partial charge is 0.131 e. The van der Waals surface area contributed by atoms with Gasteiger partial charge in [-0.05, 0) is 32.4 Å². The van der Waals surface area contributed by atoms with Gasteiger partial charge >= 0.3 is 0 Å². The third-order valence-electron chi connectivity index (χ3n) is 2.88. The topological polar surface area (TPSA) is 69.0 Å². The molecule has 3 N–H and O–H groups in total. The molecule has 18 heavy (non-hydrogen) atoms. The molecule has 2 aromatic heterocycles. The number of nitrogens with zero attached hydrogens (tertiary/aromatic N) is 2. The van der Waals surface area contributed by atoms with Crippen LogP contribution in [-0.2, 0) is 0 Å². The van der Waals surface area contributed by atoms with Gasteiger partial charge in [-0.25, -0.2) is 5.43 Å². The number of hydrazine groups is 1. The molecule has 0 aliphatic rings. The first-order valence-electron chi connectivity index (χ1n) is 5.79. The average molecular weight is 269 g/mol. The third-order valence-corrected chi connectivity index (χ3v) is 3.17. The molecule has 0 amide bonds. The summed E-state index contributed by atoms with van der Waals surface area (Å²) < 4.78 is 7.33. The van der Waals surface area contributed by atoms with E-state index in [0.29, 0.717) is 5.02 Å². The first-order chi connectivity index (χ1) is 8.56. The van der Waals surface area contributed by atoms with E-state index in [1.54, 1.807) is 12.5 Å². The van der Waals surface area contributed by atoms with Gasteiger partial charge in [-0.1, -0.05) is 11.6 Å². The number of hydrogen-bond acceptors (Lipinski definition) is 4. The first kappa shape index (κ1) is 13.1. The maximum absolute atomic E-state index is 6.21. The molecule has 0 saturated heterocycles. The van der Waals surface area contributed by atoms with Gasteiger partial charge in [0.1, 0.15) is 11.8 Å². The standard InChI is InChI=1S/C12H17ClN4O/c1-7(2)17-11(9(13)6-15-17)10(16-14)12-8(3)4-5-18-12/h4-7,10,16H,14H2,1-3H3. The molecule has 1 atom stereocenters. The largest absolute Gasteiger partial charge is 0.467 e. The van der Waals surface area contributed by atoms with E-state index in [1.165, 1.54) is 0 Å². The Labute approximate surface area is 111 Å². The summed E-state index contributed by atoms with van der Waals surface area (Å²) in [5, 5.41) is 4.84. The molecule has 2 aromatic rings. The van der Waals surface area contributed by atoms with Gasteiger partial charge in [0, 0.05) is 6.04 Å². The fourth-order valence-electron chi connectivity index (χ4n) is 1.99. The molecule has 6 heteroatoms. The Hall–Kier alpha value is -1.30. The van der Waals surface area contributed by atoms with Crippen molar-refractivity contribution >= 4 is 11.6 Å². The molecule has 0 saturated carbocycles. The van der Waals surface area contributed by atoms with Crippen LogP contribution in [0.25, 0.3) is 0 Å². The molecule has 0 aliphatic carbocycles. The Balaban J connectivity index is 2.52. The molecular formula is C12H17ClN4O. The summed E-state index contributed by atoms with van der Waals surface area (Å²) in [7, 11) is 0. The predicted octanol–water partition coefficient (Wildman–Crippen LogP) is 2.57. The van der Waals surface area contributed by atoms with Crippen LogP contribution in [0.3, 0.4) is 0 Å². The second-order valence-corrected chi connectivity index (χ2v) is 4.89. The summed E-state index contributed by atoms with van der Waals surface area (Å²) in [6, 6.07) is 1.78. The van der Waals surface area contributed by atoms with Crippen LogP contribution in [0.4, 0.5) is 0 Å². The zero-order valence-corrected chi connectivity index (χ0v) is 11.4. The Morgan fingerprint density at radius 2 is 2.22 bits per heavy atom. The molecular weight excluding hydrogens is 252 g/mol. The maximum Gasteiger partial charge on any atom is 0.131 e. The van der Waals surface area contributed by atoms with Gasteiger partial charge in [-0.15, -0.1) is 0 Å². The number of halogens is 1. The predicted molar refractivity (Wildman–Crippen MR) is 70.2 cm³/mol. The highest BCUT2D eigenvalue weighted by Crippen LogP contribution is 2.31. The molecule has 2 rings (SSSR count). The fourth-order valence-corrected chi connectivity index (χ4v) is 2.23. The van der Waals surface area contributed by atoms with Crippen LogP contribution in [0.2, 0.25) is 5.02 Å². The van der Waals surface area contributed by atoms with Crippen LogP contribution in [0.15, 0.2) is 22.9 Å². The number of rotatable bonds is 4. The van der Waals surface area contributed by atoms with Crippen molar-refractivity contribution in [2.75, 3.05) is 0 Å². The molecule has 0 bridgehead atoms. The van der Waals surface area contributed by atoms with E-state index in [9.17, 15) is 0 Å². The lowest BCUT2D eigenvalue weighted by Crippen LogP contribution is -2.31. The summed E-state index contributed by atoms with van der Waals surface area (Å²) >= 11 is 6.21. The van der Waals surface area contributed by atoms with E-state index in [-0.39, 0.29) is 12.1 Å². The number of aromatic nitrogens is 2. The molecule has 0 aromatic carbocycles. The fraction of sp³-hybridized carbons (Fsp3) is 0.417. The van der Waals surface area contributed by atoms with Gasteiger partial charge in [0.05, 0.1) is 23.2 Å². The van der Waals surface area contributed by atoms with Crippen molar-refractivity contribution in [2.45, 2.75) is 32.9 Å². The van der Waals surface area contributed by atoms with Crippen molar-refractivity contribution in [3.05, 3.63) is 40.6 Å². The number of hydrogen-bond donors (Lipinski definition) is 2. The van der Waals surface area contributed by atoms with Crippen molar-refractivity contribution in [1.82, 2.24) is 15.2 Å². The molecule has 98 valence electrons. The number of nitrogens with two attached hydrogens (primary N) is 1. The Morgan fingerprint density at radius 3 is 2.72 bits per heavy atom. The van der Waals surface area contributed by atoms with E-state index >= 15 is 0 Å². The van der Waals surface area contributed by atoms with Crippen molar-refractivity contribution in [3.63, 3.8) is 0 Å². The van der Waals surface area contributed by atoms with E-state index in [4.69, 9.17) is 21.9 Å². The molecule has 0 aliphatic heterocycles. The molecule has 0 fully saturated rings. The highest BCUT2D eigenvalue weighted by atomic mass is 35.5. The molecule has 0 radical (unpaired) electrons. The summed E-state index contributed by atoms with van der Waals surface area (Å²) in [6.07, 6.45) is 3.26. The number of furan rings is 1. The lowest BCUT2D eigenvalue weighted by molar-refractivity contribution is 0.414. The summed E-state index contributed by atoms with van der Waals surface area (Å²) in [6.45, 7) is 6.04. The summed E-state index contributed by atoms with van der Waals surface area (Å²) in [4.78, 5) is 0. The van der Waals surface area contributed by atoms with Crippen molar-refractivity contribution in [1.29, 1.82) is 0 Å². The maximum atomic E-state index is 6.21. The highest BCUT2D eigenvalue weighted by Gasteiger charge is 2.25. The van der Waals surface area contributed by atoms with Crippen LogP contribution in [0.5, 0.6) is 0 Å². The van der Waals surface area contributed by atoms with Crippen molar-refractivity contribution < 1.29 is 4.42 Å². The second-order valence-electron chi connectivity index (χ2n) is 4.48. The Kier molecular flexibility index (Phi) is 3.75. The van der Waals surface area contributed by atoms with Crippen LogP contribution in [0, 0.1) is 6.92 Å². The van der Waals surface area contributed by atoms with Gasteiger partial charge in [0.2, 0.25) is 0 Å². The Morgan fingerprint density at radius 1 is 1.50 bits per heavy atom. The van der Waals surface area contributed by atoms with E-state index in [2.05, 4.69) is 10.5 Å². The summed E-state index contributed by atoms with van der Waals surface area (Å²) in [5.41, 5.74) is 4.58. The second kappa shape index (κ2) is 5.14. The van der Waals surface area contributed by atoms with Gasteiger partial charge in [0.15, 0.2) is 0 Å².